The molecule has 0 aromatic heterocycles. The van der Waals surface area contributed by atoms with E-state index in [9.17, 15) is 9.90 Å². The number of hydrogen-bond acceptors (Lipinski definition) is 3. The summed E-state index contributed by atoms with van der Waals surface area (Å²) < 4.78 is 5.02. The zero-order valence-electron chi connectivity index (χ0n) is 10.6. The quantitative estimate of drug-likeness (QED) is 0.609. The van der Waals surface area contributed by atoms with Crippen molar-refractivity contribution in [2.24, 2.45) is 0 Å². The van der Waals surface area contributed by atoms with Crippen LogP contribution in [0, 0.1) is 0 Å². The predicted molar refractivity (Wildman–Crippen MR) is 71.5 cm³/mol. The lowest BCUT2D eigenvalue weighted by Crippen LogP contribution is -2.08. The highest BCUT2D eigenvalue weighted by molar-refractivity contribution is 6.31. The number of benzene rings is 1. The summed E-state index contributed by atoms with van der Waals surface area (Å²) in [5.74, 6) is -0.269. The molecular formula is C14H19ClO3. The van der Waals surface area contributed by atoms with Crippen LogP contribution in [0.1, 0.15) is 44.3 Å². The van der Waals surface area contributed by atoms with Gasteiger partial charge in [0.15, 0.2) is 0 Å². The number of carbonyl (C=O) groups excluding carboxylic acids is 1. The fraction of sp³-hybridized carbons (Fsp3) is 0.500. The van der Waals surface area contributed by atoms with Crippen LogP contribution in [0.25, 0.3) is 0 Å². The predicted octanol–water partition coefficient (Wildman–Crippen LogP) is 3.50. The summed E-state index contributed by atoms with van der Waals surface area (Å²) in [6.07, 6.45) is 1.68. The van der Waals surface area contributed by atoms with Crippen LogP contribution >= 0.6 is 11.6 Å². The SMILES string of the molecule is CCCCOC(=O)CCC(O)c1ccccc1Cl. The van der Waals surface area contributed by atoms with Crippen molar-refractivity contribution < 1.29 is 14.6 Å². The molecule has 100 valence electrons. The number of hydrogen-bond donors (Lipinski definition) is 1. The third kappa shape index (κ3) is 5.07. The topological polar surface area (TPSA) is 46.5 Å². The summed E-state index contributed by atoms with van der Waals surface area (Å²) in [5, 5.41) is 10.4. The molecule has 1 rings (SSSR count). The Hall–Kier alpha value is -1.06. The smallest absolute Gasteiger partial charge is 0.305 e. The van der Waals surface area contributed by atoms with Gasteiger partial charge in [0.25, 0.3) is 0 Å². The Morgan fingerprint density at radius 2 is 2.17 bits per heavy atom. The maximum absolute atomic E-state index is 11.4. The molecule has 4 heteroatoms. The van der Waals surface area contributed by atoms with E-state index in [-0.39, 0.29) is 12.4 Å². The molecule has 0 saturated carbocycles. The van der Waals surface area contributed by atoms with Crippen LogP contribution in [0.4, 0.5) is 0 Å². The number of esters is 1. The van der Waals surface area contributed by atoms with Crippen LogP contribution in [0.5, 0.6) is 0 Å². The van der Waals surface area contributed by atoms with Crippen LogP contribution in [0.3, 0.4) is 0 Å². The molecule has 0 fully saturated rings. The van der Waals surface area contributed by atoms with Gasteiger partial charge in [0.2, 0.25) is 0 Å². The van der Waals surface area contributed by atoms with Gasteiger partial charge >= 0.3 is 5.97 Å². The largest absolute Gasteiger partial charge is 0.466 e. The molecule has 0 aliphatic heterocycles. The molecule has 0 spiro atoms. The molecule has 0 heterocycles. The minimum atomic E-state index is -0.725. The van der Waals surface area contributed by atoms with Crippen molar-refractivity contribution in [1.29, 1.82) is 0 Å². The summed E-state index contributed by atoms with van der Waals surface area (Å²) in [4.78, 5) is 11.4. The van der Waals surface area contributed by atoms with Gasteiger partial charge in [0.05, 0.1) is 12.7 Å². The van der Waals surface area contributed by atoms with E-state index in [2.05, 4.69) is 0 Å². The van der Waals surface area contributed by atoms with E-state index in [4.69, 9.17) is 16.3 Å². The van der Waals surface area contributed by atoms with Crippen molar-refractivity contribution in [3.05, 3.63) is 34.9 Å². The van der Waals surface area contributed by atoms with E-state index in [1.807, 2.05) is 13.0 Å². The fourth-order valence-electron chi connectivity index (χ4n) is 1.56. The van der Waals surface area contributed by atoms with E-state index < -0.39 is 6.10 Å². The molecule has 0 aliphatic carbocycles. The van der Waals surface area contributed by atoms with E-state index in [0.717, 1.165) is 12.8 Å². The normalized spacial score (nSPS) is 12.2. The lowest BCUT2D eigenvalue weighted by atomic mass is 10.1. The Bertz CT molecular complexity index is 379. The third-order valence-corrected chi connectivity index (χ3v) is 2.99. The monoisotopic (exact) mass is 270 g/mol. The first-order chi connectivity index (χ1) is 8.65. The number of aliphatic hydroxyl groups excluding tert-OH is 1. The molecule has 1 atom stereocenters. The molecule has 0 radical (unpaired) electrons. The molecule has 0 saturated heterocycles. The van der Waals surface area contributed by atoms with Gasteiger partial charge in [0.1, 0.15) is 0 Å². The second-order valence-corrected chi connectivity index (χ2v) is 4.56. The van der Waals surface area contributed by atoms with E-state index in [0.29, 0.717) is 23.6 Å². The van der Waals surface area contributed by atoms with Gasteiger partial charge in [0, 0.05) is 11.4 Å². The van der Waals surface area contributed by atoms with Gasteiger partial charge in [-0.1, -0.05) is 43.1 Å². The highest BCUT2D eigenvalue weighted by Crippen LogP contribution is 2.25. The number of ether oxygens (including phenoxy) is 1. The summed E-state index contributed by atoms with van der Waals surface area (Å²) in [5.41, 5.74) is 0.653. The van der Waals surface area contributed by atoms with E-state index in [1.165, 1.54) is 0 Å². The molecule has 0 bridgehead atoms. The molecule has 1 aromatic rings. The van der Waals surface area contributed by atoms with Crippen molar-refractivity contribution in [1.82, 2.24) is 0 Å². The second kappa shape index (κ2) is 8.11. The van der Waals surface area contributed by atoms with Crippen molar-refractivity contribution in [2.75, 3.05) is 6.61 Å². The summed E-state index contributed by atoms with van der Waals surface area (Å²) >= 11 is 5.96. The van der Waals surface area contributed by atoms with Crippen molar-refractivity contribution in [3.8, 4) is 0 Å². The number of halogens is 1. The van der Waals surface area contributed by atoms with Gasteiger partial charge in [-0.15, -0.1) is 0 Å². The first kappa shape index (κ1) is 15.0. The molecule has 1 aromatic carbocycles. The molecule has 3 nitrogen and oxygen atoms in total. The highest BCUT2D eigenvalue weighted by Gasteiger charge is 2.13. The average molecular weight is 271 g/mol. The maximum Gasteiger partial charge on any atom is 0.305 e. The molecular weight excluding hydrogens is 252 g/mol. The number of carbonyl (C=O) groups is 1. The van der Waals surface area contributed by atoms with Gasteiger partial charge < -0.3 is 9.84 Å². The standard InChI is InChI=1S/C14H19ClO3/c1-2-3-10-18-14(17)9-8-13(16)11-6-4-5-7-12(11)15/h4-7,13,16H,2-3,8-10H2,1H3. The van der Waals surface area contributed by atoms with E-state index in [1.54, 1.807) is 18.2 Å². The summed E-state index contributed by atoms with van der Waals surface area (Å²) in [7, 11) is 0. The second-order valence-electron chi connectivity index (χ2n) is 4.15. The van der Waals surface area contributed by atoms with Crippen LogP contribution in [0.2, 0.25) is 5.02 Å². The van der Waals surface area contributed by atoms with Crippen molar-refractivity contribution in [2.45, 2.75) is 38.7 Å². The molecule has 0 aliphatic rings. The number of aliphatic hydroxyl groups is 1. The Labute approximate surface area is 113 Å². The third-order valence-electron chi connectivity index (χ3n) is 2.65. The number of rotatable bonds is 7. The van der Waals surface area contributed by atoms with Crippen molar-refractivity contribution >= 4 is 17.6 Å². The first-order valence-electron chi connectivity index (χ1n) is 6.23. The highest BCUT2D eigenvalue weighted by atomic mass is 35.5. The van der Waals surface area contributed by atoms with Crippen LogP contribution in [0.15, 0.2) is 24.3 Å². The fourth-order valence-corrected chi connectivity index (χ4v) is 1.82. The van der Waals surface area contributed by atoms with Crippen molar-refractivity contribution in [3.63, 3.8) is 0 Å². The molecule has 18 heavy (non-hydrogen) atoms. The van der Waals surface area contributed by atoms with Gasteiger partial charge in [-0.2, -0.15) is 0 Å². The lowest BCUT2D eigenvalue weighted by molar-refractivity contribution is -0.144. The molecule has 1 unspecified atom stereocenters. The van der Waals surface area contributed by atoms with Gasteiger partial charge in [-0.3, -0.25) is 4.79 Å². The zero-order valence-corrected chi connectivity index (χ0v) is 11.3. The Morgan fingerprint density at radius 3 is 2.83 bits per heavy atom. The Kier molecular flexibility index (Phi) is 6.76. The first-order valence-corrected chi connectivity index (χ1v) is 6.61. The Balaban J connectivity index is 2.35. The minimum absolute atomic E-state index is 0.204. The Morgan fingerprint density at radius 1 is 1.44 bits per heavy atom. The van der Waals surface area contributed by atoms with Crippen LogP contribution < -0.4 is 0 Å². The minimum Gasteiger partial charge on any atom is -0.466 e. The lowest BCUT2D eigenvalue weighted by Gasteiger charge is -2.12. The zero-order chi connectivity index (χ0) is 13.4. The average Bonchev–Trinajstić information content (AvgIpc) is 2.37. The van der Waals surface area contributed by atoms with Crippen LogP contribution in [-0.4, -0.2) is 17.7 Å². The van der Waals surface area contributed by atoms with E-state index >= 15 is 0 Å². The molecule has 0 amide bonds. The maximum atomic E-state index is 11.4. The van der Waals surface area contributed by atoms with Crippen LogP contribution in [-0.2, 0) is 9.53 Å². The molecule has 1 N–H and O–H groups in total. The summed E-state index contributed by atoms with van der Waals surface area (Å²) in [6, 6.07) is 7.09. The van der Waals surface area contributed by atoms with Gasteiger partial charge in [-0.05, 0) is 24.5 Å². The summed E-state index contributed by atoms with van der Waals surface area (Å²) in [6.45, 7) is 2.49. The van der Waals surface area contributed by atoms with Gasteiger partial charge in [-0.25, -0.2) is 0 Å². The number of unbranched alkanes of at least 4 members (excludes halogenated alkanes) is 1.